The summed E-state index contributed by atoms with van der Waals surface area (Å²) in [5.74, 6) is 0.385. The van der Waals surface area contributed by atoms with Crippen molar-refractivity contribution in [2.45, 2.75) is 45.3 Å². The van der Waals surface area contributed by atoms with Crippen molar-refractivity contribution in [2.24, 2.45) is 5.92 Å². The Morgan fingerprint density at radius 2 is 1.79 bits per heavy atom. The number of ether oxygens (including phenoxy) is 4. The minimum absolute atomic E-state index is 0.346. The molecule has 2 aromatic rings. The highest BCUT2D eigenvalue weighted by atomic mass is 35.5. The molecule has 0 aliphatic carbocycles. The first kappa shape index (κ1) is 25.9. The Bertz CT molecular complexity index is 964. The van der Waals surface area contributed by atoms with Gasteiger partial charge in [-0.3, -0.25) is 4.79 Å². The number of rotatable bonds is 12. The molecule has 0 unspecified atom stereocenters. The molecular weight excluding hydrogens is 456 g/mol. The van der Waals surface area contributed by atoms with Gasteiger partial charge in [0.2, 0.25) is 0 Å². The van der Waals surface area contributed by atoms with E-state index in [2.05, 4.69) is 6.58 Å². The topological polar surface area (TPSA) is 71.1 Å². The van der Waals surface area contributed by atoms with Crippen LogP contribution in [0.2, 0.25) is 5.02 Å². The minimum atomic E-state index is -0.453. The highest BCUT2D eigenvalue weighted by molar-refractivity contribution is 6.33. The van der Waals surface area contributed by atoms with Crippen LogP contribution in [0.15, 0.2) is 54.6 Å². The Labute approximate surface area is 205 Å². The van der Waals surface area contributed by atoms with Gasteiger partial charge in [-0.2, -0.15) is 0 Å². The van der Waals surface area contributed by atoms with Gasteiger partial charge in [0.1, 0.15) is 5.75 Å². The SMILES string of the molecule is C=C(C)C(=O)Oc1ccc(-c2ccc(C3OCC(CCCCCCOC=O)CO3)cc2Cl)cc1. The summed E-state index contributed by atoms with van der Waals surface area (Å²) in [4.78, 5) is 21.8. The minimum Gasteiger partial charge on any atom is -0.468 e. The fourth-order valence-corrected chi connectivity index (χ4v) is 4.03. The highest BCUT2D eigenvalue weighted by Crippen LogP contribution is 2.34. The monoisotopic (exact) mass is 486 g/mol. The zero-order valence-electron chi connectivity index (χ0n) is 19.5. The van der Waals surface area contributed by atoms with Crippen molar-refractivity contribution in [3.8, 4) is 16.9 Å². The van der Waals surface area contributed by atoms with Gasteiger partial charge in [-0.1, -0.05) is 61.7 Å². The predicted octanol–water partition coefficient (Wildman–Crippen LogP) is 6.27. The maximum Gasteiger partial charge on any atom is 0.338 e. The quantitative estimate of drug-likeness (QED) is 0.116. The van der Waals surface area contributed by atoms with Gasteiger partial charge in [0.25, 0.3) is 6.47 Å². The fourth-order valence-electron chi connectivity index (χ4n) is 3.73. The lowest BCUT2D eigenvalue weighted by atomic mass is 10.0. The third kappa shape index (κ3) is 7.69. The molecule has 1 heterocycles. The van der Waals surface area contributed by atoms with Crippen molar-refractivity contribution in [1.29, 1.82) is 0 Å². The van der Waals surface area contributed by atoms with E-state index in [4.69, 9.17) is 30.5 Å². The summed E-state index contributed by atoms with van der Waals surface area (Å²) in [7, 11) is 0. The number of halogens is 1. The van der Waals surface area contributed by atoms with Gasteiger partial charge in [0.05, 0.1) is 19.8 Å². The van der Waals surface area contributed by atoms with E-state index >= 15 is 0 Å². The molecule has 3 rings (SSSR count). The smallest absolute Gasteiger partial charge is 0.338 e. The van der Waals surface area contributed by atoms with Gasteiger partial charge in [-0.15, -0.1) is 0 Å². The Balaban J connectivity index is 1.47. The number of benzene rings is 2. The van der Waals surface area contributed by atoms with Gasteiger partial charge in [0, 0.05) is 27.6 Å². The lowest BCUT2D eigenvalue weighted by molar-refractivity contribution is -0.206. The summed E-state index contributed by atoms with van der Waals surface area (Å²) in [5, 5.41) is 0.595. The van der Waals surface area contributed by atoms with E-state index in [1.54, 1.807) is 19.1 Å². The average Bonchev–Trinajstić information content (AvgIpc) is 2.84. The first-order valence-electron chi connectivity index (χ1n) is 11.5. The van der Waals surface area contributed by atoms with E-state index in [0.29, 0.717) is 48.6 Å². The van der Waals surface area contributed by atoms with E-state index in [-0.39, 0.29) is 0 Å². The van der Waals surface area contributed by atoms with Crippen molar-refractivity contribution in [3.63, 3.8) is 0 Å². The molecule has 0 N–H and O–H groups in total. The lowest BCUT2D eigenvalue weighted by Crippen LogP contribution is -2.27. The molecular formula is C27H31ClO6. The molecule has 1 aliphatic rings. The Morgan fingerprint density at radius 1 is 1.09 bits per heavy atom. The molecule has 0 atom stereocenters. The lowest BCUT2D eigenvalue weighted by Gasteiger charge is -2.30. The van der Waals surface area contributed by atoms with Crippen molar-refractivity contribution < 1.29 is 28.5 Å². The number of hydrogen-bond donors (Lipinski definition) is 0. The van der Waals surface area contributed by atoms with Crippen LogP contribution in [-0.2, 0) is 23.8 Å². The molecule has 0 amide bonds. The highest BCUT2D eigenvalue weighted by Gasteiger charge is 2.24. The number of carbonyl (C=O) groups excluding carboxylic acids is 2. The molecule has 0 radical (unpaired) electrons. The van der Waals surface area contributed by atoms with E-state index in [1.807, 2.05) is 30.3 Å². The van der Waals surface area contributed by atoms with Crippen molar-refractivity contribution in [1.82, 2.24) is 0 Å². The largest absolute Gasteiger partial charge is 0.468 e. The van der Waals surface area contributed by atoms with E-state index in [1.165, 1.54) is 0 Å². The Morgan fingerprint density at radius 3 is 2.44 bits per heavy atom. The summed E-state index contributed by atoms with van der Waals surface area (Å²) < 4.78 is 21.9. The molecule has 1 aliphatic heterocycles. The summed E-state index contributed by atoms with van der Waals surface area (Å²) >= 11 is 6.57. The zero-order chi connectivity index (χ0) is 24.3. The van der Waals surface area contributed by atoms with Crippen LogP contribution in [0.5, 0.6) is 5.75 Å². The zero-order valence-corrected chi connectivity index (χ0v) is 20.2. The summed E-state index contributed by atoms with van der Waals surface area (Å²) in [6.45, 7) is 7.49. The van der Waals surface area contributed by atoms with Gasteiger partial charge in [-0.25, -0.2) is 4.79 Å². The maximum absolute atomic E-state index is 11.7. The van der Waals surface area contributed by atoms with Crippen LogP contribution >= 0.6 is 11.6 Å². The van der Waals surface area contributed by atoms with Crippen LogP contribution in [-0.4, -0.2) is 32.3 Å². The standard InChI is InChI=1S/C27H31ClO6/c1-19(2)26(30)34-23-11-8-21(9-12-23)24-13-10-22(15-25(24)28)27-32-16-20(17-33-27)7-5-3-4-6-14-31-18-29/h8-13,15,18,20,27H,1,3-7,14,16-17H2,2H3. The Hall–Kier alpha value is -2.67. The molecule has 0 bridgehead atoms. The molecule has 2 aromatic carbocycles. The van der Waals surface area contributed by atoms with Crippen LogP contribution in [0.25, 0.3) is 11.1 Å². The molecule has 0 spiro atoms. The van der Waals surface area contributed by atoms with E-state index < -0.39 is 12.3 Å². The third-order valence-corrected chi connectivity index (χ3v) is 5.96. The molecule has 7 heteroatoms. The number of esters is 1. The number of carbonyl (C=O) groups is 2. The molecule has 0 aromatic heterocycles. The van der Waals surface area contributed by atoms with Crippen LogP contribution < -0.4 is 4.74 Å². The first-order chi connectivity index (χ1) is 16.5. The molecule has 182 valence electrons. The average molecular weight is 487 g/mol. The molecule has 0 saturated carbocycles. The number of hydrogen-bond acceptors (Lipinski definition) is 6. The summed E-state index contributed by atoms with van der Waals surface area (Å²) in [6.07, 6.45) is 4.80. The van der Waals surface area contributed by atoms with Crippen molar-refractivity contribution >= 4 is 24.0 Å². The number of unbranched alkanes of at least 4 members (excludes halogenated alkanes) is 3. The Kier molecular flexibility index (Phi) is 10.1. The van der Waals surface area contributed by atoms with Crippen LogP contribution in [0, 0.1) is 5.92 Å². The van der Waals surface area contributed by atoms with Crippen LogP contribution in [0.4, 0.5) is 0 Å². The van der Waals surface area contributed by atoms with E-state index in [0.717, 1.165) is 48.8 Å². The molecule has 34 heavy (non-hydrogen) atoms. The molecule has 6 nitrogen and oxygen atoms in total. The van der Waals surface area contributed by atoms with E-state index in [9.17, 15) is 9.59 Å². The molecule has 1 fully saturated rings. The van der Waals surface area contributed by atoms with Gasteiger partial charge >= 0.3 is 5.97 Å². The second-order valence-electron chi connectivity index (χ2n) is 8.47. The summed E-state index contributed by atoms with van der Waals surface area (Å²) in [5.41, 5.74) is 3.01. The normalized spacial score (nSPS) is 17.7. The molecule has 1 saturated heterocycles. The van der Waals surface area contributed by atoms with Crippen LogP contribution in [0.3, 0.4) is 0 Å². The van der Waals surface area contributed by atoms with Crippen molar-refractivity contribution in [2.75, 3.05) is 19.8 Å². The second kappa shape index (κ2) is 13.3. The van der Waals surface area contributed by atoms with Gasteiger partial charge in [-0.05, 0) is 43.5 Å². The fraction of sp³-hybridized carbons (Fsp3) is 0.407. The first-order valence-corrected chi connectivity index (χ1v) is 11.9. The van der Waals surface area contributed by atoms with Gasteiger partial charge in [0.15, 0.2) is 6.29 Å². The maximum atomic E-state index is 11.7. The van der Waals surface area contributed by atoms with Gasteiger partial charge < -0.3 is 18.9 Å². The van der Waals surface area contributed by atoms with Crippen molar-refractivity contribution in [3.05, 3.63) is 65.2 Å². The third-order valence-electron chi connectivity index (χ3n) is 5.65. The second-order valence-corrected chi connectivity index (χ2v) is 8.88. The summed E-state index contributed by atoms with van der Waals surface area (Å²) in [6, 6.07) is 12.9. The van der Waals surface area contributed by atoms with Crippen LogP contribution in [0.1, 0.15) is 50.9 Å². The predicted molar refractivity (Wildman–Crippen MR) is 131 cm³/mol.